The molecule has 1 saturated heterocycles. The average Bonchev–Trinajstić information content (AvgIpc) is 2.67. The lowest BCUT2D eigenvalue weighted by Crippen LogP contribution is -2.51. The highest BCUT2D eigenvalue weighted by Crippen LogP contribution is 2.15. The highest BCUT2D eigenvalue weighted by Gasteiger charge is 2.20. The van der Waals surface area contributed by atoms with Gasteiger partial charge in [-0.05, 0) is 29.8 Å². The van der Waals surface area contributed by atoms with Crippen molar-refractivity contribution in [2.24, 2.45) is 5.73 Å². The number of carbonyl (C=O) groups excluding carboxylic acids is 2. The second kappa shape index (κ2) is 7.70. The molecular formula is C19H22N4O2. The molecule has 1 aliphatic rings. The van der Waals surface area contributed by atoms with Gasteiger partial charge in [0.05, 0.1) is 0 Å². The van der Waals surface area contributed by atoms with Crippen LogP contribution in [0.2, 0.25) is 0 Å². The summed E-state index contributed by atoms with van der Waals surface area (Å²) in [4.78, 5) is 27.6. The highest BCUT2D eigenvalue weighted by atomic mass is 16.2. The van der Waals surface area contributed by atoms with E-state index in [-0.39, 0.29) is 6.03 Å². The Morgan fingerprint density at radius 1 is 0.960 bits per heavy atom. The zero-order chi connectivity index (χ0) is 17.6. The van der Waals surface area contributed by atoms with Crippen LogP contribution in [0.15, 0.2) is 54.6 Å². The Morgan fingerprint density at radius 3 is 2.36 bits per heavy atom. The van der Waals surface area contributed by atoms with Crippen molar-refractivity contribution in [2.45, 2.75) is 6.54 Å². The SMILES string of the molecule is NC(=O)c1cccc(CNC(=O)N2CCN(c3ccccc3)CC2)c1. The lowest BCUT2D eigenvalue weighted by Gasteiger charge is -2.36. The molecule has 3 amide bonds. The van der Waals surface area contributed by atoms with Gasteiger partial charge in [-0.2, -0.15) is 0 Å². The first-order valence-electron chi connectivity index (χ1n) is 8.35. The minimum atomic E-state index is -0.467. The summed E-state index contributed by atoms with van der Waals surface area (Å²) in [6.07, 6.45) is 0. The summed E-state index contributed by atoms with van der Waals surface area (Å²) >= 11 is 0. The van der Waals surface area contributed by atoms with Gasteiger partial charge in [0, 0.05) is 44.0 Å². The summed E-state index contributed by atoms with van der Waals surface area (Å²) in [5.41, 5.74) is 7.76. The molecular weight excluding hydrogens is 316 g/mol. The van der Waals surface area contributed by atoms with Gasteiger partial charge in [-0.15, -0.1) is 0 Å². The topological polar surface area (TPSA) is 78.7 Å². The summed E-state index contributed by atoms with van der Waals surface area (Å²) in [5.74, 6) is -0.467. The highest BCUT2D eigenvalue weighted by molar-refractivity contribution is 5.92. The van der Waals surface area contributed by atoms with Crippen molar-refractivity contribution < 1.29 is 9.59 Å². The molecule has 0 radical (unpaired) electrons. The molecule has 0 aromatic heterocycles. The van der Waals surface area contributed by atoms with Gasteiger partial charge in [0.2, 0.25) is 5.91 Å². The Morgan fingerprint density at radius 2 is 1.68 bits per heavy atom. The molecule has 0 bridgehead atoms. The van der Waals surface area contributed by atoms with Crippen LogP contribution in [-0.2, 0) is 6.54 Å². The Kier molecular flexibility index (Phi) is 5.18. The lowest BCUT2D eigenvalue weighted by atomic mass is 10.1. The molecule has 0 spiro atoms. The van der Waals surface area contributed by atoms with Crippen molar-refractivity contribution in [2.75, 3.05) is 31.1 Å². The van der Waals surface area contributed by atoms with Crippen LogP contribution in [0, 0.1) is 0 Å². The number of rotatable bonds is 4. The number of amides is 3. The summed E-state index contributed by atoms with van der Waals surface area (Å²) in [5, 5.41) is 2.91. The van der Waals surface area contributed by atoms with Crippen LogP contribution in [0.4, 0.5) is 10.5 Å². The number of nitrogens with two attached hydrogens (primary N) is 1. The van der Waals surface area contributed by atoms with Crippen molar-refractivity contribution >= 4 is 17.6 Å². The van der Waals surface area contributed by atoms with Crippen molar-refractivity contribution in [1.82, 2.24) is 10.2 Å². The zero-order valence-electron chi connectivity index (χ0n) is 14.0. The fourth-order valence-electron chi connectivity index (χ4n) is 2.93. The number of urea groups is 1. The van der Waals surface area contributed by atoms with E-state index in [2.05, 4.69) is 22.3 Å². The van der Waals surface area contributed by atoms with E-state index >= 15 is 0 Å². The predicted octanol–water partition coefficient (Wildman–Crippen LogP) is 1.82. The van der Waals surface area contributed by atoms with Gasteiger partial charge in [0.25, 0.3) is 0 Å². The number of primary amides is 1. The number of carbonyl (C=O) groups is 2. The number of anilines is 1. The van der Waals surface area contributed by atoms with Gasteiger partial charge >= 0.3 is 6.03 Å². The normalized spacial score (nSPS) is 14.2. The Balaban J connectivity index is 1.50. The van der Waals surface area contributed by atoms with E-state index in [4.69, 9.17) is 5.73 Å². The van der Waals surface area contributed by atoms with Gasteiger partial charge in [-0.1, -0.05) is 30.3 Å². The van der Waals surface area contributed by atoms with Crippen LogP contribution >= 0.6 is 0 Å². The largest absolute Gasteiger partial charge is 0.368 e. The quantitative estimate of drug-likeness (QED) is 0.892. The fraction of sp³-hybridized carbons (Fsp3) is 0.263. The molecule has 6 heteroatoms. The maximum Gasteiger partial charge on any atom is 0.317 e. The van der Waals surface area contributed by atoms with Gasteiger partial charge in [0.15, 0.2) is 0 Å². The lowest BCUT2D eigenvalue weighted by molar-refractivity contribution is 0.1000. The summed E-state index contributed by atoms with van der Waals surface area (Å²) < 4.78 is 0. The Labute approximate surface area is 147 Å². The van der Waals surface area contributed by atoms with Gasteiger partial charge in [0.1, 0.15) is 0 Å². The molecule has 0 atom stereocenters. The Hall–Kier alpha value is -3.02. The van der Waals surface area contributed by atoms with Gasteiger partial charge < -0.3 is 20.9 Å². The van der Waals surface area contributed by atoms with Gasteiger partial charge in [-0.25, -0.2) is 4.79 Å². The summed E-state index contributed by atoms with van der Waals surface area (Å²) in [6.45, 7) is 3.37. The molecule has 3 rings (SSSR count). The standard InChI is InChI=1S/C19H22N4O2/c20-18(24)16-6-4-5-15(13-16)14-21-19(25)23-11-9-22(10-12-23)17-7-2-1-3-8-17/h1-8,13H,9-12,14H2,(H2,20,24)(H,21,25). The molecule has 1 heterocycles. The number of nitrogens with zero attached hydrogens (tertiary/aromatic N) is 2. The molecule has 2 aromatic rings. The minimum Gasteiger partial charge on any atom is -0.368 e. The van der Waals surface area contributed by atoms with Crippen LogP contribution in [0.5, 0.6) is 0 Å². The third-order valence-corrected chi connectivity index (χ3v) is 4.34. The molecule has 25 heavy (non-hydrogen) atoms. The summed E-state index contributed by atoms with van der Waals surface area (Å²) in [6, 6.07) is 17.1. The van der Waals surface area contributed by atoms with E-state index in [9.17, 15) is 9.59 Å². The van der Waals surface area contributed by atoms with Crippen LogP contribution in [-0.4, -0.2) is 43.0 Å². The van der Waals surface area contributed by atoms with E-state index in [1.165, 1.54) is 5.69 Å². The molecule has 1 aliphatic heterocycles. The summed E-state index contributed by atoms with van der Waals surface area (Å²) in [7, 11) is 0. The molecule has 0 saturated carbocycles. The minimum absolute atomic E-state index is 0.0859. The van der Waals surface area contributed by atoms with Crippen molar-refractivity contribution in [3.05, 3.63) is 65.7 Å². The fourth-order valence-corrected chi connectivity index (χ4v) is 2.93. The first-order valence-corrected chi connectivity index (χ1v) is 8.35. The number of benzene rings is 2. The van der Waals surface area contributed by atoms with Crippen LogP contribution in [0.3, 0.4) is 0 Å². The maximum absolute atomic E-state index is 12.3. The number of piperazine rings is 1. The predicted molar refractivity (Wildman–Crippen MR) is 97.4 cm³/mol. The van der Waals surface area contributed by atoms with Crippen LogP contribution in [0.25, 0.3) is 0 Å². The monoisotopic (exact) mass is 338 g/mol. The smallest absolute Gasteiger partial charge is 0.317 e. The molecule has 2 aromatic carbocycles. The van der Waals surface area contributed by atoms with E-state index in [1.807, 2.05) is 29.2 Å². The van der Waals surface area contributed by atoms with E-state index in [1.54, 1.807) is 18.2 Å². The first-order chi connectivity index (χ1) is 12.1. The molecule has 0 aliphatic carbocycles. The molecule has 6 nitrogen and oxygen atoms in total. The second-order valence-electron chi connectivity index (χ2n) is 6.03. The third kappa shape index (κ3) is 4.29. The Bertz CT molecular complexity index is 740. The first kappa shape index (κ1) is 16.8. The van der Waals surface area contributed by atoms with E-state index in [0.717, 1.165) is 18.7 Å². The van der Waals surface area contributed by atoms with E-state index < -0.39 is 5.91 Å². The van der Waals surface area contributed by atoms with Crippen molar-refractivity contribution in [3.63, 3.8) is 0 Å². The average molecular weight is 338 g/mol. The molecule has 0 unspecified atom stereocenters. The van der Waals surface area contributed by atoms with Crippen molar-refractivity contribution in [3.8, 4) is 0 Å². The van der Waals surface area contributed by atoms with Crippen LogP contribution in [0.1, 0.15) is 15.9 Å². The third-order valence-electron chi connectivity index (χ3n) is 4.34. The number of hydrogen-bond donors (Lipinski definition) is 2. The van der Waals surface area contributed by atoms with E-state index in [0.29, 0.717) is 25.2 Å². The number of hydrogen-bond acceptors (Lipinski definition) is 3. The van der Waals surface area contributed by atoms with Crippen molar-refractivity contribution in [1.29, 1.82) is 0 Å². The maximum atomic E-state index is 12.3. The number of nitrogens with one attached hydrogen (secondary N) is 1. The molecule has 130 valence electrons. The molecule has 1 fully saturated rings. The second-order valence-corrected chi connectivity index (χ2v) is 6.03. The molecule has 3 N–H and O–H groups in total. The van der Waals surface area contributed by atoms with Gasteiger partial charge in [-0.3, -0.25) is 4.79 Å². The zero-order valence-corrected chi connectivity index (χ0v) is 14.0. The number of para-hydroxylation sites is 1. The van der Waals surface area contributed by atoms with Crippen LogP contribution < -0.4 is 16.0 Å².